The van der Waals surface area contributed by atoms with E-state index in [1.54, 1.807) is 15.8 Å². The Kier molecular flexibility index (Phi) is 4.93. The van der Waals surface area contributed by atoms with E-state index in [4.69, 9.17) is 4.74 Å². The Morgan fingerprint density at radius 3 is 2.56 bits per heavy atom. The Hall–Kier alpha value is -4.00. The van der Waals surface area contributed by atoms with Crippen LogP contribution in [0.2, 0.25) is 0 Å². The molecule has 0 radical (unpaired) electrons. The zero-order valence-corrected chi connectivity index (χ0v) is 17.6. The predicted molar refractivity (Wildman–Crippen MR) is 120 cm³/mol. The molecule has 0 spiro atoms. The standard InChI is InChI=1S/C25H23N3O4/c1-17-8-7-15-32-21-12-6-5-11-19(21)22(18-9-3-2-4-10-18)28-16-26(17)25(31)23-24(30)20(29)13-14-27(23)28/h2-14,17,22,30H,15-16H2,1H3/b8-7+/t17-,22-/m0/s1. The number of para-hydroxylation sites is 1. The van der Waals surface area contributed by atoms with Gasteiger partial charge < -0.3 is 14.7 Å². The lowest BCUT2D eigenvalue weighted by Crippen LogP contribution is -2.57. The minimum Gasteiger partial charge on any atom is -0.502 e. The number of hydrogen-bond acceptors (Lipinski definition) is 5. The first-order valence-electron chi connectivity index (χ1n) is 10.5. The van der Waals surface area contributed by atoms with E-state index in [9.17, 15) is 14.7 Å². The minimum atomic E-state index is -0.584. The summed E-state index contributed by atoms with van der Waals surface area (Å²) in [6.45, 7) is 2.53. The summed E-state index contributed by atoms with van der Waals surface area (Å²) in [7, 11) is 0. The van der Waals surface area contributed by atoms with Crippen molar-refractivity contribution in [1.82, 2.24) is 9.58 Å². The molecule has 2 aromatic carbocycles. The number of rotatable bonds is 1. The molecule has 7 heteroatoms. The number of aromatic nitrogens is 1. The van der Waals surface area contributed by atoms with Crippen LogP contribution in [0.4, 0.5) is 0 Å². The number of carbonyl (C=O) groups excluding carboxylic acids is 1. The van der Waals surface area contributed by atoms with Gasteiger partial charge in [-0.25, -0.2) is 0 Å². The summed E-state index contributed by atoms with van der Waals surface area (Å²) in [6.07, 6.45) is 5.33. The molecule has 0 saturated carbocycles. The first-order chi connectivity index (χ1) is 15.6. The molecule has 2 atom stereocenters. The molecule has 5 rings (SSSR count). The van der Waals surface area contributed by atoms with E-state index in [0.717, 1.165) is 16.9 Å². The normalized spacial score (nSPS) is 21.1. The Morgan fingerprint density at radius 1 is 1.00 bits per heavy atom. The van der Waals surface area contributed by atoms with Crippen LogP contribution >= 0.6 is 0 Å². The van der Waals surface area contributed by atoms with E-state index in [1.807, 2.05) is 78.7 Å². The number of nitrogens with zero attached hydrogens (tertiary/aromatic N) is 3. The predicted octanol–water partition coefficient (Wildman–Crippen LogP) is 3.03. The molecule has 3 heterocycles. The van der Waals surface area contributed by atoms with Crippen LogP contribution in [-0.2, 0) is 0 Å². The fourth-order valence-corrected chi connectivity index (χ4v) is 4.35. The van der Waals surface area contributed by atoms with Crippen LogP contribution in [0.1, 0.15) is 34.6 Å². The summed E-state index contributed by atoms with van der Waals surface area (Å²) in [4.78, 5) is 27.2. The van der Waals surface area contributed by atoms with Gasteiger partial charge >= 0.3 is 0 Å². The van der Waals surface area contributed by atoms with Crippen molar-refractivity contribution in [3.63, 3.8) is 0 Å². The van der Waals surface area contributed by atoms with E-state index in [0.29, 0.717) is 6.61 Å². The van der Waals surface area contributed by atoms with E-state index < -0.39 is 17.1 Å². The lowest BCUT2D eigenvalue weighted by Gasteiger charge is -2.45. The van der Waals surface area contributed by atoms with Crippen molar-refractivity contribution in [2.45, 2.75) is 19.0 Å². The van der Waals surface area contributed by atoms with E-state index >= 15 is 0 Å². The van der Waals surface area contributed by atoms with Crippen molar-refractivity contribution in [3.05, 3.63) is 106 Å². The molecule has 3 aromatic rings. The largest absolute Gasteiger partial charge is 0.502 e. The lowest BCUT2D eigenvalue weighted by molar-refractivity contribution is 0.0643. The second kappa shape index (κ2) is 7.92. The third-order valence-electron chi connectivity index (χ3n) is 5.96. The monoisotopic (exact) mass is 429 g/mol. The highest BCUT2D eigenvalue weighted by Crippen LogP contribution is 2.37. The van der Waals surface area contributed by atoms with Crippen molar-refractivity contribution in [1.29, 1.82) is 0 Å². The molecule has 1 N–H and O–H groups in total. The molecule has 0 fully saturated rings. The number of aromatic hydroxyl groups is 1. The summed E-state index contributed by atoms with van der Waals surface area (Å²) in [6, 6.07) is 18.4. The first-order valence-corrected chi connectivity index (χ1v) is 10.5. The summed E-state index contributed by atoms with van der Waals surface area (Å²) in [5.74, 6) is -0.209. The minimum absolute atomic E-state index is 0.0393. The van der Waals surface area contributed by atoms with Gasteiger partial charge in [-0.2, -0.15) is 0 Å². The Morgan fingerprint density at radius 2 is 1.75 bits per heavy atom. The van der Waals surface area contributed by atoms with Crippen LogP contribution in [0.3, 0.4) is 0 Å². The summed E-state index contributed by atoms with van der Waals surface area (Å²) in [5, 5.41) is 12.6. The van der Waals surface area contributed by atoms with Gasteiger partial charge in [-0.1, -0.05) is 54.6 Å². The summed E-state index contributed by atoms with van der Waals surface area (Å²) < 4.78 is 7.70. The molecule has 0 saturated heterocycles. The van der Waals surface area contributed by atoms with Gasteiger partial charge in [0, 0.05) is 23.9 Å². The van der Waals surface area contributed by atoms with Gasteiger partial charge in [0.2, 0.25) is 5.43 Å². The van der Waals surface area contributed by atoms with Gasteiger partial charge in [0.25, 0.3) is 5.91 Å². The lowest BCUT2D eigenvalue weighted by atomic mass is 9.97. The third kappa shape index (κ3) is 3.22. The van der Waals surface area contributed by atoms with Crippen LogP contribution in [0, 0.1) is 0 Å². The summed E-state index contributed by atoms with van der Waals surface area (Å²) >= 11 is 0. The summed E-state index contributed by atoms with van der Waals surface area (Å²) in [5.41, 5.74) is 1.28. The number of benzene rings is 2. The van der Waals surface area contributed by atoms with Crippen LogP contribution in [-0.4, -0.2) is 39.9 Å². The number of pyridine rings is 1. The van der Waals surface area contributed by atoms with E-state index in [-0.39, 0.29) is 24.4 Å². The van der Waals surface area contributed by atoms with E-state index in [1.165, 1.54) is 6.07 Å². The van der Waals surface area contributed by atoms with Crippen molar-refractivity contribution < 1.29 is 14.6 Å². The zero-order chi connectivity index (χ0) is 22.2. The van der Waals surface area contributed by atoms with Gasteiger partial charge in [0.05, 0.1) is 0 Å². The Balaban J connectivity index is 1.81. The zero-order valence-electron chi connectivity index (χ0n) is 17.6. The maximum Gasteiger partial charge on any atom is 0.278 e. The quantitative estimate of drug-likeness (QED) is 0.602. The van der Waals surface area contributed by atoms with Crippen molar-refractivity contribution >= 4 is 5.91 Å². The second-order valence-corrected chi connectivity index (χ2v) is 7.91. The van der Waals surface area contributed by atoms with Crippen LogP contribution in [0.5, 0.6) is 11.5 Å². The van der Waals surface area contributed by atoms with Crippen LogP contribution in [0.25, 0.3) is 0 Å². The average molecular weight is 429 g/mol. The highest BCUT2D eigenvalue weighted by Gasteiger charge is 2.38. The van der Waals surface area contributed by atoms with Gasteiger partial charge in [-0.05, 0) is 24.6 Å². The number of amides is 1. The second-order valence-electron chi connectivity index (χ2n) is 7.91. The van der Waals surface area contributed by atoms with E-state index in [2.05, 4.69) is 0 Å². The molecule has 2 aliphatic heterocycles. The Labute approximate surface area is 185 Å². The number of fused-ring (bicyclic) bond motifs is 5. The fraction of sp³-hybridized carbons (Fsp3) is 0.200. The highest BCUT2D eigenvalue weighted by atomic mass is 16.5. The molecule has 7 nitrogen and oxygen atoms in total. The SMILES string of the molecule is C[C@H]1/C=C/COc2ccccc2[C@H](c2ccccc2)N2CN1C(=O)c1c(O)c(=O)ccn12. The highest BCUT2D eigenvalue weighted by molar-refractivity contribution is 5.96. The molecular formula is C25H23N3O4. The van der Waals surface area contributed by atoms with Crippen molar-refractivity contribution in [2.75, 3.05) is 18.3 Å². The topological polar surface area (TPSA) is 75.0 Å². The number of ether oxygens (including phenoxy) is 1. The van der Waals surface area contributed by atoms with Crippen LogP contribution in [0.15, 0.2) is 83.8 Å². The number of carbonyl (C=O) groups is 1. The maximum absolute atomic E-state index is 13.4. The van der Waals surface area contributed by atoms with Crippen molar-refractivity contribution in [2.24, 2.45) is 0 Å². The molecule has 2 bridgehead atoms. The Bertz CT molecular complexity index is 1250. The smallest absolute Gasteiger partial charge is 0.278 e. The maximum atomic E-state index is 13.4. The molecule has 1 amide bonds. The third-order valence-corrected chi connectivity index (χ3v) is 5.96. The first kappa shape index (κ1) is 19.9. The van der Waals surface area contributed by atoms with Gasteiger partial charge in [-0.15, -0.1) is 0 Å². The molecular weight excluding hydrogens is 406 g/mol. The fourth-order valence-electron chi connectivity index (χ4n) is 4.35. The average Bonchev–Trinajstić information content (AvgIpc) is 2.83. The number of hydrogen-bond donors (Lipinski definition) is 1. The molecule has 2 aliphatic rings. The van der Waals surface area contributed by atoms with Crippen LogP contribution < -0.4 is 15.2 Å². The molecule has 162 valence electrons. The molecule has 0 aliphatic carbocycles. The van der Waals surface area contributed by atoms with Gasteiger partial charge in [-0.3, -0.25) is 19.3 Å². The van der Waals surface area contributed by atoms with Crippen molar-refractivity contribution in [3.8, 4) is 11.5 Å². The van der Waals surface area contributed by atoms with Gasteiger partial charge in [0.15, 0.2) is 11.4 Å². The molecule has 1 aromatic heterocycles. The van der Waals surface area contributed by atoms with Gasteiger partial charge in [0.1, 0.15) is 25.1 Å². The molecule has 0 unspecified atom stereocenters. The molecule has 32 heavy (non-hydrogen) atoms.